The maximum Gasteiger partial charge on any atom is 0.329 e. The van der Waals surface area contributed by atoms with E-state index in [-0.39, 0.29) is 68.4 Å². The molecule has 3 aromatic heterocycles. The maximum atomic E-state index is 17.4. The SMILES string of the molecule is Cc1sc2c(F)ccc(-c3c(Cl)cc4c(N5CCC[C@]6(CCO6)C5)nc(OCC5(CN6CCC7(CC6)CC(N6CCC(c8cc9[nH]nc(N%10CCC(=O)NC%10=O)c9cc8F)CC6)C7)CC5)nc4c3F)c2c1C#N. The van der Waals surface area contributed by atoms with Crippen molar-refractivity contribution in [1.29, 1.82) is 5.26 Å². The molecule has 0 radical (unpaired) electrons. The van der Waals surface area contributed by atoms with Crippen LogP contribution in [-0.2, 0) is 9.53 Å². The number of carbonyl (C=O) groups is 2. The number of amides is 3. The molecule has 2 N–H and O–H groups in total. The van der Waals surface area contributed by atoms with Crippen molar-refractivity contribution in [3.05, 3.63) is 68.8 Å². The molecule has 3 amide bonds. The van der Waals surface area contributed by atoms with E-state index in [4.69, 9.17) is 31.0 Å². The number of aromatic nitrogens is 4. The fourth-order valence-electron chi connectivity index (χ4n) is 13.2. The van der Waals surface area contributed by atoms with Gasteiger partial charge in [-0.3, -0.25) is 20.1 Å². The van der Waals surface area contributed by atoms with Crippen LogP contribution in [0.25, 0.3) is 43.0 Å². The number of thiophene rings is 1. The van der Waals surface area contributed by atoms with Gasteiger partial charge in [0.2, 0.25) is 5.91 Å². The third-order valence-corrected chi connectivity index (χ3v) is 19.1. The molecule has 14 nitrogen and oxygen atoms in total. The minimum atomic E-state index is -0.670. The van der Waals surface area contributed by atoms with E-state index < -0.39 is 17.7 Å². The van der Waals surface area contributed by atoms with Gasteiger partial charge < -0.3 is 24.2 Å². The summed E-state index contributed by atoms with van der Waals surface area (Å²) in [6.45, 7) is 9.25. The summed E-state index contributed by atoms with van der Waals surface area (Å²) in [6, 6.07) is 10.1. The smallest absolute Gasteiger partial charge is 0.329 e. The number of aryl methyl sites for hydroxylation is 1. The Hall–Kier alpha value is -5.58. The molecule has 5 saturated heterocycles. The summed E-state index contributed by atoms with van der Waals surface area (Å²) >= 11 is 8.18. The van der Waals surface area contributed by atoms with Gasteiger partial charge in [-0.25, -0.2) is 18.0 Å². The number of fused-ring (bicyclic) bond motifs is 3. The van der Waals surface area contributed by atoms with Crippen LogP contribution in [0.15, 0.2) is 30.3 Å². The molecule has 0 unspecified atom stereocenters. The van der Waals surface area contributed by atoms with Crippen LogP contribution in [0.5, 0.6) is 6.01 Å². The highest BCUT2D eigenvalue weighted by Gasteiger charge is 2.51. The first kappa shape index (κ1) is 47.2. The Balaban J connectivity index is 0.659. The zero-order chi connectivity index (χ0) is 50.0. The number of rotatable bonds is 10. The molecule has 7 aliphatic rings. The highest BCUT2D eigenvalue weighted by atomic mass is 35.5. The average molecular weight is 1030 g/mol. The van der Waals surface area contributed by atoms with Gasteiger partial charge >= 0.3 is 12.0 Å². The first-order valence-electron chi connectivity index (χ1n) is 25.9. The fraction of sp³-hybridized carbons (Fsp3) is 0.519. The van der Waals surface area contributed by atoms with Crippen LogP contribution >= 0.6 is 22.9 Å². The Morgan fingerprint density at radius 1 is 0.945 bits per heavy atom. The summed E-state index contributed by atoms with van der Waals surface area (Å²) < 4.78 is 61.3. The van der Waals surface area contributed by atoms with E-state index in [0.29, 0.717) is 92.6 Å². The van der Waals surface area contributed by atoms with Crippen molar-refractivity contribution in [2.24, 2.45) is 10.8 Å². The van der Waals surface area contributed by atoms with Crippen molar-refractivity contribution in [1.82, 2.24) is 35.3 Å². The molecule has 8 heterocycles. The summed E-state index contributed by atoms with van der Waals surface area (Å²) in [5.41, 5.74) is 2.17. The van der Waals surface area contributed by atoms with Crippen molar-refractivity contribution in [2.75, 3.05) is 75.4 Å². The summed E-state index contributed by atoms with van der Waals surface area (Å²) in [5, 5.41) is 21.2. The number of aromatic amines is 1. The van der Waals surface area contributed by atoms with E-state index in [1.807, 2.05) is 6.07 Å². The summed E-state index contributed by atoms with van der Waals surface area (Å²) in [7, 11) is 0. The Labute approximate surface area is 429 Å². The number of benzene rings is 3. The maximum absolute atomic E-state index is 17.4. The van der Waals surface area contributed by atoms with Gasteiger partial charge in [-0.1, -0.05) is 17.7 Å². The van der Waals surface area contributed by atoms with Gasteiger partial charge in [0.15, 0.2) is 11.6 Å². The molecule has 13 rings (SSSR count). The van der Waals surface area contributed by atoms with E-state index in [0.717, 1.165) is 90.5 Å². The molecule has 2 spiro atoms. The summed E-state index contributed by atoms with van der Waals surface area (Å²) in [5.74, 6) is -0.787. The van der Waals surface area contributed by atoms with Crippen molar-refractivity contribution >= 4 is 78.4 Å². The predicted molar refractivity (Wildman–Crippen MR) is 273 cm³/mol. The van der Waals surface area contributed by atoms with Crippen LogP contribution in [0.2, 0.25) is 5.02 Å². The second kappa shape index (κ2) is 17.8. The zero-order valence-corrected chi connectivity index (χ0v) is 42.3. The molecule has 73 heavy (non-hydrogen) atoms. The van der Waals surface area contributed by atoms with Gasteiger partial charge in [0.25, 0.3) is 0 Å². The second-order valence-corrected chi connectivity index (χ2v) is 23.8. The molecule has 2 saturated carbocycles. The van der Waals surface area contributed by atoms with E-state index >= 15 is 13.2 Å². The van der Waals surface area contributed by atoms with Crippen LogP contribution < -0.4 is 19.9 Å². The highest BCUT2D eigenvalue weighted by molar-refractivity contribution is 7.19. The van der Waals surface area contributed by atoms with Crippen molar-refractivity contribution in [3.8, 4) is 23.2 Å². The lowest BCUT2D eigenvalue weighted by atomic mass is 9.59. The van der Waals surface area contributed by atoms with Gasteiger partial charge in [-0.2, -0.15) is 20.3 Å². The highest BCUT2D eigenvalue weighted by Crippen LogP contribution is 2.54. The van der Waals surface area contributed by atoms with Crippen LogP contribution in [0.3, 0.4) is 0 Å². The Bertz CT molecular complexity index is 3290. The fourth-order valence-corrected chi connectivity index (χ4v) is 14.6. The number of halogens is 4. The lowest BCUT2D eigenvalue weighted by molar-refractivity contribution is -0.151. The van der Waals surface area contributed by atoms with E-state index in [1.54, 1.807) is 13.0 Å². The van der Waals surface area contributed by atoms with E-state index in [9.17, 15) is 14.9 Å². The van der Waals surface area contributed by atoms with Crippen LogP contribution in [0.4, 0.5) is 29.6 Å². The molecule has 380 valence electrons. The van der Waals surface area contributed by atoms with Gasteiger partial charge in [-0.05, 0) is 144 Å². The number of piperidine rings is 3. The van der Waals surface area contributed by atoms with Crippen molar-refractivity contribution in [2.45, 2.75) is 102 Å². The van der Waals surface area contributed by atoms with E-state index in [1.165, 1.54) is 47.3 Å². The molecular weight excluding hydrogens is 977 g/mol. The number of nitriles is 1. The normalized spacial score (nSPS) is 23.6. The Kier molecular flexibility index (Phi) is 11.5. The minimum Gasteiger partial charge on any atom is -0.463 e. The quantitative estimate of drug-likeness (QED) is 0.135. The molecular formula is C54H56ClF3N10O4S. The van der Waals surface area contributed by atoms with Crippen LogP contribution in [0.1, 0.15) is 99.0 Å². The lowest BCUT2D eigenvalue weighted by Crippen LogP contribution is -2.56. The number of urea groups is 1. The lowest BCUT2D eigenvalue weighted by Gasteiger charge is -2.56. The monoisotopic (exact) mass is 1030 g/mol. The standard InChI is InChI=1S/C54H56ClF3N10O4S/c1-30-37(26-59)43-33(3-4-39(56)47(43)73-30)44-38(55)21-36-46(45(44)58)61-50(62-48(36)67-14-2-8-54(28-67)13-20-72-54)71-29-53(9-10-53)27-65-18-11-52(12-19-65)24-32(25-52)66-15-5-31(6-16-66)34-23-41-35(22-40(34)57)49(64-63-41)68-17-7-42(69)60-51(68)70/h3-4,21-23,31-32H,2,5-20,24-25,27-29H2,1H3,(H,63,64)(H,60,69,70)/t54-/m0/s1. The molecule has 19 heteroatoms. The summed E-state index contributed by atoms with van der Waals surface area (Å²) in [4.78, 5) is 43.3. The second-order valence-electron chi connectivity index (χ2n) is 22.2. The number of H-pyrrole nitrogens is 1. The molecule has 1 atom stereocenters. The van der Waals surface area contributed by atoms with Gasteiger partial charge in [0.05, 0.1) is 39.6 Å². The summed E-state index contributed by atoms with van der Waals surface area (Å²) in [6.07, 6.45) is 11.5. The third kappa shape index (κ3) is 8.19. The predicted octanol–water partition coefficient (Wildman–Crippen LogP) is 10.1. The molecule has 7 fully saturated rings. The Morgan fingerprint density at radius 2 is 1.74 bits per heavy atom. The number of hydrogen-bond acceptors (Lipinski definition) is 12. The number of anilines is 2. The van der Waals surface area contributed by atoms with Crippen LogP contribution in [0, 0.1) is 46.5 Å². The third-order valence-electron chi connectivity index (χ3n) is 17.7. The van der Waals surface area contributed by atoms with Crippen molar-refractivity contribution < 1.29 is 32.2 Å². The first-order valence-corrected chi connectivity index (χ1v) is 27.1. The van der Waals surface area contributed by atoms with E-state index in [2.05, 4.69) is 36.3 Å². The largest absolute Gasteiger partial charge is 0.463 e. The van der Waals surface area contributed by atoms with Gasteiger partial charge in [0.1, 0.15) is 29.0 Å². The average Bonchev–Trinajstić information content (AvgIpc) is 3.88. The molecule has 5 aliphatic heterocycles. The molecule has 3 aromatic carbocycles. The Morgan fingerprint density at radius 3 is 2.47 bits per heavy atom. The number of nitrogens with zero attached hydrogens (tertiary/aromatic N) is 8. The van der Waals surface area contributed by atoms with Gasteiger partial charge in [-0.15, -0.1) is 11.3 Å². The number of ether oxygens (including phenoxy) is 2. The molecule has 0 bridgehead atoms. The first-order chi connectivity index (χ1) is 35.3. The number of hydrogen-bond donors (Lipinski definition) is 2. The minimum absolute atomic E-state index is 0.0481. The zero-order valence-electron chi connectivity index (χ0n) is 40.7. The van der Waals surface area contributed by atoms with Crippen LogP contribution in [-0.4, -0.2) is 119 Å². The molecule has 6 aromatic rings. The van der Waals surface area contributed by atoms with Crippen molar-refractivity contribution in [3.63, 3.8) is 0 Å². The van der Waals surface area contributed by atoms with Gasteiger partial charge in [0, 0.05) is 77.1 Å². The topological polar surface area (TPSA) is 156 Å². The number of nitrogens with one attached hydrogen (secondary N) is 2. The molecule has 2 aliphatic carbocycles. The number of imide groups is 1. The number of likely N-dealkylation sites (tertiary alicyclic amines) is 2. The number of carbonyl (C=O) groups excluding carboxylic acids is 2.